The quantitative estimate of drug-likeness (QED) is 0.823. The van der Waals surface area contributed by atoms with Crippen LogP contribution in [0.3, 0.4) is 0 Å². The third-order valence-corrected chi connectivity index (χ3v) is 3.23. The molecule has 0 fully saturated rings. The lowest BCUT2D eigenvalue weighted by Crippen LogP contribution is -2.33. The minimum Gasteiger partial charge on any atom is -0.355 e. The zero-order valence-electron chi connectivity index (χ0n) is 10.2. The minimum absolute atomic E-state index is 0.0364. The number of carbonyl (C=O) groups excluding carboxylic acids is 2. The van der Waals surface area contributed by atoms with Crippen LogP contribution in [0.5, 0.6) is 0 Å². The Labute approximate surface area is 111 Å². The standard InChI is InChI=1S/C10H12F3N3O2S/c1-5-7(19-9(16-5)10(11,12)13)8(18)15-4-3-14-6(2)17/h3-4H2,1-2H3,(H,14,17)(H,15,18). The summed E-state index contributed by atoms with van der Waals surface area (Å²) in [4.78, 5) is 25.4. The molecule has 1 rings (SSSR count). The molecule has 19 heavy (non-hydrogen) atoms. The van der Waals surface area contributed by atoms with Gasteiger partial charge in [0, 0.05) is 20.0 Å². The maximum atomic E-state index is 12.4. The van der Waals surface area contributed by atoms with Crippen molar-refractivity contribution in [1.82, 2.24) is 15.6 Å². The van der Waals surface area contributed by atoms with Gasteiger partial charge in [0.2, 0.25) is 5.91 Å². The van der Waals surface area contributed by atoms with Gasteiger partial charge in [-0.3, -0.25) is 9.59 Å². The molecule has 1 aromatic rings. The molecule has 0 aliphatic rings. The van der Waals surface area contributed by atoms with Crippen LogP contribution in [0.15, 0.2) is 0 Å². The average Bonchev–Trinajstić information content (AvgIpc) is 2.66. The largest absolute Gasteiger partial charge is 0.443 e. The maximum absolute atomic E-state index is 12.4. The highest BCUT2D eigenvalue weighted by atomic mass is 32.1. The Hall–Kier alpha value is -1.64. The molecule has 0 aliphatic heterocycles. The Bertz CT molecular complexity index is 485. The van der Waals surface area contributed by atoms with Crippen molar-refractivity contribution in [2.45, 2.75) is 20.0 Å². The van der Waals surface area contributed by atoms with E-state index in [1.807, 2.05) is 0 Å². The van der Waals surface area contributed by atoms with Crippen molar-refractivity contribution in [3.05, 3.63) is 15.6 Å². The number of amides is 2. The molecule has 0 spiro atoms. The van der Waals surface area contributed by atoms with Gasteiger partial charge in [0.25, 0.3) is 5.91 Å². The summed E-state index contributed by atoms with van der Waals surface area (Å²) in [5.41, 5.74) is 0.0364. The molecule has 0 unspecified atom stereocenters. The van der Waals surface area contributed by atoms with Crippen LogP contribution in [-0.4, -0.2) is 29.9 Å². The molecule has 106 valence electrons. The van der Waals surface area contributed by atoms with Crippen molar-refractivity contribution in [3.8, 4) is 0 Å². The van der Waals surface area contributed by atoms with E-state index in [0.29, 0.717) is 11.3 Å². The normalized spacial score (nSPS) is 11.2. The molecule has 0 saturated heterocycles. The van der Waals surface area contributed by atoms with Gasteiger partial charge in [-0.1, -0.05) is 0 Å². The van der Waals surface area contributed by atoms with Crippen molar-refractivity contribution in [3.63, 3.8) is 0 Å². The molecule has 0 aliphatic carbocycles. The van der Waals surface area contributed by atoms with Gasteiger partial charge >= 0.3 is 6.18 Å². The number of halogens is 3. The molecule has 0 saturated carbocycles. The van der Waals surface area contributed by atoms with E-state index in [0.717, 1.165) is 0 Å². The second kappa shape index (κ2) is 6.00. The molecule has 5 nitrogen and oxygen atoms in total. The number of aryl methyl sites for hydroxylation is 1. The Morgan fingerprint density at radius 2 is 1.84 bits per heavy atom. The van der Waals surface area contributed by atoms with E-state index in [1.165, 1.54) is 13.8 Å². The predicted molar refractivity (Wildman–Crippen MR) is 62.9 cm³/mol. The fraction of sp³-hybridized carbons (Fsp3) is 0.500. The average molecular weight is 295 g/mol. The summed E-state index contributed by atoms with van der Waals surface area (Å²) in [5.74, 6) is -0.876. The van der Waals surface area contributed by atoms with Gasteiger partial charge in [-0.2, -0.15) is 13.2 Å². The lowest BCUT2D eigenvalue weighted by Gasteiger charge is -2.04. The van der Waals surface area contributed by atoms with E-state index in [2.05, 4.69) is 15.6 Å². The van der Waals surface area contributed by atoms with Crippen LogP contribution >= 0.6 is 11.3 Å². The van der Waals surface area contributed by atoms with E-state index in [-0.39, 0.29) is 29.6 Å². The summed E-state index contributed by atoms with van der Waals surface area (Å²) in [6, 6.07) is 0. The minimum atomic E-state index is -4.55. The van der Waals surface area contributed by atoms with Crippen molar-refractivity contribution in [2.24, 2.45) is 0 Å². The second-order valence-corrected chi connectivity index (χ2v) is 4.67. The first kappa shape index (κ1) is 15.4. The van der Waals surface area contributed by atoms with Crippen molar-refractivity contribution in [1.29, 1.82) is 0 Å². The number of aromatic nitrogens is 1. The van der Waals surface area contributed by atoms with Crippen LogP contribution in [0.4, 0.5) is 13.2 Å². The Kier molecular flexibility index (Phi) is 4.87. The topological polar surface area (TPSA) is 71.1 Å². The van der Waals surface area contributed by atoms with Gasteiger partial charge in [-0.25, -0.2) is 4.98 Å². The van der Waals surface area contributed by atoms with Gasteiger partial charge < -0.3 is 10.6 Å². The third kappa shape index (κ3) is 4.51. The molecule has 0 atom stereocenters. The number of hydrogen-bond acceptors (Lipinski definition) is 4. The summed E-state index contributed by atoms with van der Waals surface area (Å²) in [6.45, 7) is 3.02. The van der Waals surface area contributed by atoms with Crippen LogP contribution in [0.2, 0.25) is 0 Å². The fourth-order valence-corrected chi connectivity index (χ4v) is 2.07. The first-order valence-electron chi connectivity index (χ1n) is 5.29. The highest BCUT2D eigenvalue weighted by Crippen LogP contribution is 2.33. The number of carbonyl (C=O) groups is 2. The van der Waals surface area contributed by atoms with Crippen LogP contribution in [-0.2, 0) is 11.0 Å². The number of nitrogens with zero attached hydrogens (tertiary/aromatic N) is 1. The van der Waals surface area contributed by atoms with Crippen LogP contribution < -0.4 is 10.6 Å². The van der Waals surface area contributed by atoms with Gasteiger partial charge in [-0.15, -0.1) is 11.3 Å². The number of rotatable bonds is 4. The first-order valence-corrected chi connectivity index (χ1v) is 6.10. The van der Waals surface area contributed by atoms with Crippen LogP contribution in [0.1, 0.15) is 27.3 Å². The van der Waals surface area contributed by atoms with Gasteiger partial charge in [0.15, 0.2) is 5.01 Å². The Morgan fingerprint density at radius 3 is 2.32 bits per heavy atom. The maximum Gasteiger partial charge on any atom is 0.443 e. The fourth-order valence-electron chi connectivity index (χ4n) is 1.22. The summed E-state index contributed by atoms with van der Waals surface area (Å²) < 4.78 is 37.2. The van der Waals surface area contributed by atoms with Crippen LogP contribution in [0, 0.1) is 6.92 Å². The van der Waals surface area contributed by atoms with Gasteiger partial charge in [0.05, 0.1) is 5.69 Å². The highest BCUT2D eigenvalue weighted by Gasteiger charge is 2.36. The monoisotopic (exact) mass is 295 g/mol. The molecule has 9 heteroatoms. The summed E-state index contributed by atoms with van der Waals surface area (Å²) in [7, 11) is 0. The molecule has 0 bridgehead atoms. The first-order chi connectivity index (χ1) is 8.71. The van der Waals surface area contributed by atoms with Crippen molar-refractivity contribution in [2.75, 3.05) is 13.1 Å². The van der Waals surface area contributed by atoms with E-state index < -0.39 is 17.1 Å². The lowest BCUT2D eigenvalue weighted by molar-refractivity contribution is -0.137. The van der Waals surface area contributed by atoms with Crippen molar-refractivity contribution >= 4 is 23.2 Å². The summed E-state index contributed by atoms with van der Waals surface area (Å²) in [6.07, 6.45) is -4.55. The molecular formula is C10H12F3N3O2S. The highest BCUT2D eigenvalue weighted by molar-refractivity contribution is 7.13. The van der Waals surface area contributed by atoms with E-state index in [9.17, 15) is 22.8 Å². The molecule has 1 heterocycles. The van der Waals surface area contributed by atoms with Gasteiger partial charge in [0.1, 0.15) is 4.88 Å². The zero-order valence-corrected chi connectivity index (χ0v) is 11.0. The Morgan fingerprint density at radius 1 is 1.26 bits per heavy atom. The molecular weight excluding hydrogens is 283 g/mol. The second-order valence-electron chi connectivity index (χ2n) is 3.67. The molecule has 2 amide bonds. The lowest BCUT2D eigenvalue weighted by atomic mass is 10.3. The van der Waals surface area contributed by atoms with Crippen LogP contribution in [0.25, 0.3) is 0 Å². The van der Waals surface area contributed by atoms with Gasteiger partial charge in [-0.05, 0) is 6.92 Å². The zero-order chi connectivity index (χ0) is 14.6. The number of nitrogens with one attached hydrogen (secondary N) is 2. The molecule has 0 aromatic carbocycles. The van der Waals surface area contributed by atoms with E-state index in [1.54, 1.807) is 0 Å². The molecule has 0 radical (unpaired) electrons. The van der Waals surface area contributed by atoms with E-state index >= 15 is 0 Å². The summed E-state index contributed by atoms with van der Waals surface area (Å²) >= 11 is 0.303. The smallest absolute Gasteiger partial charge is 0.355 e. The third-order valence-electron chi connectivity index (χ3n) is 2.03. The predicted octanol–water partition coefficient (Wildman–Crippen LogP) is 1.34. The SMILES string of the molecule is CC(=O)NCCNC(=O)c1sc(C(F)(F)F)nc1C. The molecule has 1 aromatic heterocycles. The number of thiazole rings is 1. The summed E-state index contributed by atoms with van der Waals surface area (Å²) in [5, 5.41) is 3.82. The number of alkyl halides is 3. The van der Waals surface area contributed by atoms with E-state index in [4.69, 9.17) is 0 Å². The Balaban J connectivity index is 2.62. The van der Waals surface area contributed by atoms with Crippen molar-refractivity contribution < 1.29 is 22.8 Å². The number of hydrogen-bond donors (Lipinski definition) is 2. The molecule has 2 N–H and O–H groups in total.